The molecule has 1 N–H and O–H groups in total. The van der Waals surface area contributed by atoms with E-state index in [9.17, 15) is 13.2 Å². The Labute approximate surface area is 148 Å². The van der Waals surface area contributed by atoms with E-state index >= 15 is 0 Å². The van der Waals surface area contributed by atoms with Gasteiger partial charge in [-0.15, -0.1) is 0 Å². The molecule has 0 spiro atoms. The molecule has 0 aliphatic rings. The van der Waals surface area contributed by atoms with Crippen LogP contribution in [-0.4, -0.2) is 33.7 Å². The lowest BCUT2D eigenvalue weighted by Crippen LogP contribution is -2.37. The molecule has 0 atom stereocenters. The van der Waals surface area contributed by atoms with Crippen LogP contribution >= 0.6 is 0 Å². The third-order valence-corrected chi connectivity index (χ3v) is 4.66. The first-order valence-corrected chi connectivity index (χ1v) is 9.70. The molecule has 25 heavy (non-hydrogen) atoms. The van der Waals surface area contributed by atoms with E-state index in [1.54, 1.807) is 24.3 Å². The zero-order chi connectivity index (χ0) is 18.3. The molecular formula is C18H22N2O4S. The van der Waals surface area contributed by atoms with Gasteiger partial charge in [-0.1, -0.05) is 30.3 Å². The molecule has 0 bridgehead atoms. The number of rotatable bonds is 8. The van der Waals surface area contributed by atoms with Crippen LogP contribution in [-0.2, 0) is 21.4 Å². The minimum absolute atomic E-state index is 0.169. The standard InChI is InChI=1S/C18H22N2O4S/c1-15(21)19-12-13-20(25(2,22)23)17-8-10-18(11-9-17)24-14-16-6-4-3-5-7-16/h3-11H,12-14H2,1-2H3,(H,19,21). The Balaban J connectivity index is 2.03. The minimum atomic E-state index is -3.44. The van der Waals surface area contributed by atoms with Crippen molar-refractivity contribution in [3.8, 4) is 5.75 Å². The summed E-state index contributed by atoms with van der Waals surface area (Å²) in [4.78, 5) is 10.9. The number of nitrogens with zero attached hydrogens (tertiary/aromatic N) is 1. The number of hydrogen-bond acceptors (Lipinski definition) is 4. The Hall–Kier alpha value is -2.54. The van der Waals surface area contributed by atoms with Crippen molar-refractivity contribution < 1.29 is 17.9 Å². The number of ether oxygens (including phenoxy) is 1. The summed E-state index contributed by atoms with van der Waals surface area (Å²) in [6.45, 7) is 2.25. The monoisotopic (exact) mass is 362 g/mol. The van der Waals surface area contributed by atoms with Gasteiger partial charge < -0.3 is 10.1 Å². The van der Waals surface area contributed by atoms with Gasteiger partial charge >= 0.3 is 0 Å². The van der Waals surface area contributed by atoms with Gasteiger partial charge in [0.2, 0.25) is 15.9 Å². The number of amides is 1. The maximum Gasteiger partial charge on any atom is 0.232 e. The summed E-state index contributed by atoms with van der Waals surface area (Å²) < 4.78 is 30.9. The van der Waals surface area contributed by atoms with Crippen molar-refractivity contribution in [3.63, 3.8) is 0 Å². The van der Waals surface area contributed by atoms with Crippen LogP contribution in [0.2, 0.25) is 0 Å². The summed E-state index contributed by atoms with van der Waals surface area (Å²) in [5, 5.41) is 2.60. The number of anilines is 1. The normalized spacial score (nSPS) is 11.0. The van der Waals surface area contributed by atoms with Crippen molar-refractivity contribution in [1.82, 2.24) is 5.32 Å². The van der Waals surface area contributed by atoms with Crippen LogP contribution in [0.3, 0.4) is 0 Å². The molecule has 134 valence electrons. The molecule has 0 aliphatic carbocycles. The first-order valence-electron chi connectivity index (χ1n) is 7.85. The van der Waals surface area contributed by atoms with Crippen molar-refractivity contribution in [3.05, 3.63) is 60.2 Å². The van der Waals surface area contributed by atoms with Gasteiger partial charge in [0, 0.05) is 13.5 Å². The Morgan fingerprint density at radius 3 is 2.28 bits per heavy atom. The van der Waals surface area contributed by atoms with Crippen molar-refractivity contribution >= 4 is 21.6 Å². The highest BCUT2D eigenvalue weighted by Crippen LogP contribution is 2.22. The third kappa shape index (κ3) is 6.11. The number of nitrogens with one attached hydrogen (secondary N) is 1. The van der Waals surface area contributed by atoms with Gasteiger partial charge in [-0.05, 0) is 29.8 Å². The highest BCUT2D eigenvalue weighted by atomic mass is 32.2. The molecule has 0 aromatic heterocycles. The Morgan fingerprint density at radius 1 is 1.08 bits per heavy atom. The van der Waals surface area contributed by atoms with Gasteiger partial charge in [-0.25, -0.2) is 8.42 Å². The average Bonchev–Trinajstić information content (AvgIpc) is 2.57. The van der Waals surface area contributed by atoms with Crippen molar-refractivity contribution in [2.75, 3.05) is 23.7 Å². The van der Waals surface area contributed by atoms with E-state index in [-0.39, 0.29) is 19.0 Å². The summed E-state index contributed by atoms with van der Waals surface area (Å²) in [5.41, 5.74) is 1.58. The second-order valence-corrected chi connectivity index (χ2v) is 7.49. The second kappa shape index (κ2) is 8.53. The van der Waals surface area contributed by atoms with Crippen molar-refractivity contribution in [2.24, 2.45) is 0 Å². The maximum atomic E-state index is 12.0. The molecule has 2 aromatic rings. The number of carbonyl (C=O) groups excluding carboxylic acids is 1. The van der Waals surface area contributed by atoms with Crippen molar-refractivity contribution in [2.45, 2.75) is 13.5 Å². The fourth-order valence-electron chi connectivity index (χ4n) is 2.27. The Kier molecular flexibility index (Phi) is 6.41. The second-order valence-electron chi connectivity index (χ2n) is 5.59. The van der Waals surface area contributed by atoms with Crippen LogP contribution in [0.4, 0.5) is 5.69 Å². The molecule has 0 radical (unpaired) electrons. The topological polar surface area (TPSA) is 75.7 Å². The number of benzene rings is 2. The molecule has 0 saturated carbocycles. The van der Waals surface area contributed by atoms with Crippen LogP contribution in [0.25, 0.3) is 0 Å². The molecule has 1 amide bonds. The number of sulfonamides is 1. The number of carbonyl (C=O) groups is 1. The average molecular weight is 362 g/mol. The summed E-state index contributed by atoms with van der Waals surface area (Å²) in [6, 6.07) is 16.6. The quantitative estimate of drug-likeness (QED) is 0.781. The molecule has 2 aromatic carbocycles. The first kappa shape index (κ1) is 18.8. The zero-order valence-electron chi connectivity index (χ0n) is 14.3. The van der Waals surface area contributed by atoms with Crippen LogP contribution in [0.1, 0.15) is 12.5 Å². The molecular weight excluding hydrogens is 340 g/mol. The summed E-state index contributed by atoms with van der Waals surface area (Å²) in [5.74, 6) is 0.459. The fourth-order valence-corrected chi connectivity index (χ4v) is 3.20. The zero-order valence-corrected chi connectivity index (χ0v) is 15.1. The van der Waals surface area contributed by atoms with Gasteiger partial charge in [0.05, 0.1) is 18.5 Å². The van der Waals surface area contributed by atoms with Gasteiger partial charge in [-0.2, -0.15) is 0 Å². The van der Waals surface area contributed by atoms with E-state index in [1.165, 1.54) is 11.2 Å². The predicted octanol–water partition coefficient (Wildman–Crippen LogP) is 2.17. The first-order chi connectivity index (χ1) is 11.9. The van der Waals surface area contributed by atoms with E-state index in [0.717, 1.165) is 11.8 Å². The van der Waals surface area contributed by atoms with Gasteiger partial charge in [0.25, 0.3) is 0 Å². The molecule has 6 nitrogen and oxygen atoms in total. The molecule has 0 saturated heterocycles. The van der Waals surface area contributed by atoms with E-state index < -0.39 is 10.0 Å². The maximum absolute atomic E-state index is 12.0. The van der Waals surface area contributed by atoms with Gasteiger partial charge in [0.15, 0.2) is 0 Å². The minimum Gasteiger partial charge on any atom is -0.489 e. The van der Waals surface area contributed by atoms with Gasteiger partial charge in [0.1, 0.15) is 12.4 Å². The lowest BCUT2D eigenvalue weighted by atomic mass is 10.2. The molecule has 2 rings (SSSR count). The third-order valence-electron chi connectivity index (χ3n) is 3.46. The molecule has 0 unspecified atom stereocenters. The van der Waals surface area contributed by atoms with E-state index in [2.05, 4.69) is 5.32 Å². The summed E-state index contributed by atoms with van der Waals surface area (Å²) in [7, 11) is -3.44. The fraction of sp³-hybridized carbons (Fsp3) is 0.278. The summed E-state index contributed by atoms with van der Waals surface area (Å²) >= 11 is 0. The summed E-state index contributed by atoms with van der Waals surface area (Å²) in [6.07, 6.45) is 1.14. The van der Waals surface area contributed by atoms with Crippen molar-refractivity contribution in [1.29, 1.82) is 0 Å². The smallest absolute Gasteiger partial charge is 0.232 e. The van der Waals surface area contributed by atoms with E-state index in [0.29, 0.717) is 18.0 Å². The molecule has 0 aliphatic heterocycles. The molecule has 7 heteroatoms. The van der Waals surface area contributed by atoms with Crippen LogP contribution < -0.4 is 14.4 Å². The van der Waals surface area contributed by atoms with Crippen LogP contribution in [0.15, 0.2) is 54.6 Å². The molecule has 0 fully saturated rings. The van der Waals surface area contributed by atoms with E-state index in [4.69, 9.17) is 4.74 Å². The lowest BCUT2D eigenvalue weighted by molar-refractivity contribution is -0.118. The van der Waals surface area contributed by atoms with E-state index in [1.807, 2.05) is 30.3 Å². The van der Waals surface area contributed by atoms with Crippen LogP contribution in [0.5, 0.6) is 5.75 Å². The highest BCUT2D eigenvalue weighted by molar-refractivity contribution is 7.92. The Bertz CT molecular complexity index is 790. The van der Waals surface area contributed by atoms with Crippen LogP contribution in [0, 0.1) is 0 Å². The SMILES string of the molecule is CC(=O)NCCN(c1ccc(OCc2ccccc2)cc1)S(C)(=O)=O. The lowest BCUT2D eigenvalue weighted by Gasteiger charge is -2.22. The Morgan fingerprint density at radius 2 is 1.72 bits per heavy atom. The number of hydrogen-bond donors (Lipinski definition) is 1. The molecule has 0 heterocycles. The largest absolute Gasteiger partial charge is 0.489 e. The predicted molar refractivity (Wildman–Crippen MR) is 98.1 cm³/mol. The highest BCUT2D eigenvalue weighted by Gasteiger charge is 2.17. The van der Waals surface area contributed by atoms with Gasteiger partial charge in [-0.3, -0.25) is 9.10 Å².